The molecule has 0 unspecified atom stereocenters. The summed E-state index contributed by atoms with van der Waals surface area (Å²) in [5, 5.41) is 4.18. The number of nitrogens with zero attached hydrogens (tertiary/aromatic N) is 2. The van der Waals surface area contributed by atoms with E-state index in [2.05, 4.69) is 5.10 Å². The SMILES string of the molecule is CC1(C)OC[C@H](COc2ccc(-n3cccn3)cc2)O1. The van der Waals surface area contributed by atoms with Crippen molar-refractivity contribution in [2.75, 3.05) is 13.2 Å². The first-order valence-electron chi connectivity index (χ1n) is 6.67. The first kappa shape index (κ1) is 13.1. The lowest BCUT2D eigenvalue weighted by Gasteiger charge is -2.17. The van der Waals surface area contributed by atoms with Crippen LogP contribution >= 0.6 is 0 Å². The average molecular weight is 274 g/mol. The Balaban J connectivity index is 1.56. The molecule has 0 spiro atoms. The van der Waals surface area contributed by atoms with Crippen molar-refractivity contribution in [2.24, 2.45) is 0 Å². The van der Waals surface area contributed by atoms with Crippen LogP contribution in [0.15, 0.2) is 42.7 Å². The molecule has 2 heterocycles. The summed E-state index contributed by atoms with van der Waals surface area (Å²) in [5.74, 6) is 0.312. The average Bonchev–Trinajstić information content (AvgIpc) is 3.06. The van der Waals surface area contributed by atoms with Gasteiger partial charge in [0.05, 0.1) is 12.3 Å². The lowest BCUT2D eigenvalue weighted by molar-refractivity contribution is -0.141. The van der Waals surface area contributed by atoms with Gasteiger partial charge in [-0.2, -0.15) is 5.10 Å². The Morgan fingerprint density at radius 1 is 1.35 bits per heavy atom. The van der Waals surface area contributed by atoms with Gasteiger partial charge in [0.25, 0.3) is 0 Å². The Morgan fingerprint density at radius 3 is 2.75 bits per heavy atom. The second-order valence-corrected chi connectivity index (χ2v) is 5.21. The van der Waals surface area contributed by atoms with E-state index in [1.165, 1.54) is 0 Å². The molecule has 1 aliphatic heterocycles. The highest BCUT2D eigenvalue weighted by molar-refractivity contribution is 5.36. The third-order valence-corrected chi connectivity index (χ3v) is 3.11. The van der Waals surface area contributed by atoms with Crippen molar-refractivity contribution >= 4 is 0 Å². The molecule has 1 aliphatic rings. The number of ether oxygens (including phenoxy) is 3. The van der Waals surface area contributed by atoms with Crippen molar-refractivity contribution in [3.8, 4) is 11.4 Å². The van der Waals surface area contributed by atoms with E-state index in [9.17, 15) is 0 Å². The van der Waals surface area contributed by atoms with Crippen LogP contribution in [0.25, 0.3) is 5.69 Å². The molecule has 0 bridgehead atoms. The van der Waals surface area contributed by atoms with Gasteiger partial charge in [-0.25, -0.2) is 4.68 Å². The second kappa shape index (κ2) is 5.26. The van der Waals surface area contributed by atoms with Crippen LogP contribution in [0.5, 0.6) is 5.75 Å². The van der Waals surface area contributed by atoms with Crippen LogP contribution in [0.2, 0.25) is 0 Å². The summed E-state index contributed by atoms with van der Waals surface area (Å²) in [7, 11) is 0. The van der Waals surface area contributed by atoms with Crippen molar-refractivity contribution in [3.05, 3.63) is 42.7 Å². The Morgan fingerprint density at radius 2 is 2.15 bits per heavy atom. The molecule has 20 heavy (non-hydrogen) atoms. The molecule has 3 rings (SSSR count). The van der Waals surface area contributed by atoms with Crippen LogP contribution in [0.4, 0.5) is 0 Å². The molecule has 0 amide bonds. The number of hydrogen-bond acceptors (Lipinski definition) is 4. The molecule has 1 fully saturated rings. The summed E-state index contributed by atoms with van der Waals surface area (Å²) in [6, 6.07) is 9.69. The van der Waals surface area contributed by atoms with E-state index in [4.69, 9.17) is 14.2 Å². The second-order valence-electron chi connectivity index (χ2n) is 5.21. The smallest absolute Gasteiger partial charge is 0.163 e. The van der Waals surface area contributed by atoms with Crippen LogP contribution in [0.1, 0.15) is 13.8 Å². The van der Waals surface area contributed by atoms with E-state index >= 15 is 0 Å². The molecule has 1 saturated heterocycles. The van der Waals surface area contributed by atoms with Crippen molar-refractivity contribution in [2.45, 2.75) is 25.7 Å². The highest BCUT2D eigenvalue weighted by Crippen LogP contribution is 2.23. The van der Waals surface area contributed by atoms with Crippen LogP contribution in [-0.2, 0) is 9.47 Å². The normalized spacial score (nSPS) is 21.0. The first-order valence-corrected chi connectivity index (χ1v) is 6.67. The maximum atomic E-state index is 5.72. The van der Waals surface area contributed by atoms with Gasteiger partial charge in [-0.05, 0) is 44.2 Å². The van der Waals surface area contributed by atoms with E-state index in [1.807, 2.05) is 50.4 Å². The van der Waals surface area contributed by atoms with Gasteiger partial charge >= 0.3 is 0 Å². The summed E-state index contributed by atoms with van der Waals surface area (Å²) >= 11 is 0. The van der Waals surface area contributed by atoms with E-state index in [0.29, 0.717) is 13.2 Å². The standard InChI is InChI=1S/C15H18N2O3/c1-15(2)19-11-14(20-15)10-18-13-6-4-12(5-7-13)17-9-3-8-16-17/h3-9,14H,10-11H2,1-2H3/t14-/m0/s1. The predicted octanol–water partition coefficient (Wildman–Crippen LogP) is 2.40. The van der Waals surface area contributed by atoms with Gasteiger partial charge in [0.15, 0.2) is 5.79 Å². The van der Waals surface area contributed by atoms with Crippen molar-refractivity contribution in [1.82, 2.24) is 9.78 Å². The summed E-state index contributed by atoms with van der Waals surface area (Å²) in [5.41, 5.74) is 1.00. The summed E-state index contributed by atoms with van der Waals surface area (Å²) in [6.45, 7) is 4.88. The van der Waals surface area contributed by atoms with Crippen LogP contribution in [0, 0.1) is 0 Å². The summed E-state index contributed by atoms with van der Waals surface area (Å²) < 4.78 is 18.7. The fraction of sp³-hybridized carbons (Fsp3) is 0.400. The quantitative estimate of drug-likeness (QED) is 0.859. The number of aromatic nitrogens is 2. The lowest BCUT2D eigenvalue weighted by atomic mass is 10.3. The zero-order valence-electron chi connectivity index (χ0n) is 11.7. The zero-order chi connectivity index (χ0) is 14.0. The molecule has 0 saturated carbocycles. The summed E-state index contributed by atoms with van der Waals surface area (Å²) in [4.78, 5) is 0. The molecule has 1 aromatic heterocycles. The molecule has 1 aromatic carbocycles. The number of benzene rings is 1. The minimum atomic E-state index is -0.502. The maximum absolute atomic E-state index is 5.72. The van der Waals surface area contributed by atoms with Gasteiger partial charge in [0.1, 0.15) is 18.5 Å². The van der Waals surface area contributed by atoms with Crippen LogP contribution < -0.4 is 4.74 Å². The van der Waals surface area contributed by atoms with Crippen molar-refractivity contribution in [3.63, 3.8) is 0 Å². The molecule has 0 aliphatic carbocycles. The molecule has 106 valence electrons. The maximum Gasteiger partial charge on any atom is 0.163 e. The topological polar surface area (TPSA) is 45.5 Å². The van der Waals surface area contributed by atoms with Gasteiger partial charge in [-0.1, -0.05) is 0 Å². The van der Waals surface area contributed by atoms with Crippen LogP contribution in [0.3, 0.4) is 0 Å². The van der Waals surface area contributed by atoms with E-state index in [0.717, 1.165) is 11.4 Å². The Bertz CT molecular complexity index is 549. The molecule has 2 aromatic rings. The minimum absolute atomic E-state index is 0.0178. The number of rotatable bonds is 4. The molecule has 5 heteroatoms. The molecular weight excluding hydrogens is 256 g/mol. The molecule has 1 atom stereocenters. The Labute approximate surface area is 118 Å². The van der Waals surface area contributed by atoms with E-state index < -0.39 is 5.79 Å². The highest BCUT2D eigenvalue weighted by atomic mass is 16.7. The lowest BCUT2D eigenvalue weighted by Crippen LogP contribution is -2.25. The van der Waals surface area contributed by atoms with E-state index in [-0.39, 0.29) is 6.10 Å². The Hall–Kier alpha value is -1.85. The third kappa shape index (κ3) is 3.00. The van der Waals surface area contributed by atoms with Gasteiger partial charge in [-0.15, -0.1) is 0 Å². The summed E-state index contributed by atoms with van der Waals surface area (Å²) in [6.07, 6.45) is 3.64. The molecule has 5 nitrogen and oxygen atoms in total. The predicted molar refractivity (Wildman–Crippen MR) is 74.0 cm³/mol. The zero-order valence-corrected chi connectivity index (χ0v) is 11.7. The van der Waals surface area contributed by atoms with Gasteiger partial charge in [-0.3, -0.25) is 0 Å². The van der Waals surface area contributed by atoms with Crippen molar-refractivity contribution in [1.29, 1.82) is 0 Å². The van der Waals surface area contributed by atoms with Gasteiger partial charge < -0.3 is 14.2 Å². The molecule has 0 N–H and O–H groups in total. The fourth-order valence-electron chi connectivity index (χ4n) is 2.15. The molecule has 0 radical (unpaired) electrons. The van der Waals surface area contributed by atoms with E-state index in [1.54, 1.807) is 10.9 Å². The van der Waals surface area contributed by atoms with Gasteiger partial charge in [0.2, 0.25) is 0 Å². The monoisotopic (exact) mass is 274 g/mol. The van der Waals surface area contributed by atoms with Crippen molar-refractivity contribution < 1.29 is 14.2 Å². The highest BCUT2D eigenvalue weighted by Gasteiger charge is 2.32. The van der Waals surface area contributed by atoms with Gasteiger partial charge in [0, 0.05) is 12.4 Å². The minimum Gasteiger partial charge on any atom is -0.491 e. The number of hydrogen-bond donors (Lipinski definition) is 0. The molecular formula is C15H18N2O3. The largest absolute Gasteiger partial charge is 0.491 e. The first-order chi connectivity index (χ1) is 9.62. The third-order valence-electron chi connectivity index (χ3n) is 3.11. The Kier molecular flexibility index (Phi) is 3.46. The fourth-order valence-corrected chi connectivity index (χ4v) is 2.15. The van der Waals surface area contributed by atoms with Crippen LogP contribution in [-0.4, -0.2) is 34.9 Å².